The summed E-state index contributed by atoms with van der Waals surface area (Å²) in [6, 6.07) is 8.67. The third kappa shape index (κ3) is 3.95. The molecule has 1 aromatic carbocycles. The Morgan fingerprint density at radius 2 is 2.05 bits per heavy atom. The zero-order valence-corrected chi connectivity index (χ0v) is 11.9. The topological polar surface area (TPSA) is 41.5 Å². The third-order valence-electron chi connectivity index (χ3n) is 4.09. The molecule has 1 aromatic rings. The van der Waals surface area contributed by atoms with E-state index in [1.165, 1.54) is 5.56 Å². The average molecular weight is 263 g/mol. The SMILES string of the molecule is CCC(NCC1CCC(O)C1)c1ccc(OC)cc1. The Labute approximate surface area is 116 Å². The lowest BCUT2D eigenvalue weighted by atomic mass is 10.0. The van der Waals surface area contributed by atoms with E-state index in [4.69, 9.17) is 4.74 Å². The van der Waals surface area contributed by atoms with Crippen LogP contribution in [0.1, 0.15) is 44.2 Å². The van der Waals surface area contributed by atoms with Gasteiger partial charge in [0, 0.05) is 6.04 Å². The van der Waals surface area contributed by atoms with Crippen LogP contribution in [-0.2, 0) is 0 Å². The van der Waals surface area contributed by atoms with Gasteiger partial charge in [-0.1, -0.05) is 19.1 Å². The molecule has 19 heavy (non-hydrogen) atoms. The first-order valence-corrected chi connectivity index (χ1v) is 7.28. The molecule has 0 saturated heterocycles. The summed E-state index contributed by atoms with van der Waals surface area (Å²) in [6.07, 6.45) is 4.06. The molecule has 0 spiro atoms. The van der Waals surface area contributed by atoms with Gasteiger partial charge in [-0.15, -0.1) is 0 Å². The second-order valence-corrected chi connectivity index (χ2v) is 5.48. The van der Waals surface area contributed by atoms with Crippen LogP contribution < -0.4 is 10.1 Å². The summed E-state index contributed by atoms with van der Waals surface area (Å²) < 4.78 is 5.19. The molecule has 0 aromatic heterocycles. The average Bonchev–Trinajstić information content (AvgIpc) is 2.86. The van der Waals surface area contributed by atoms with Crippen molar-refractivity contribution in [2.45, 2.75) is 44.8 Å². The van der Waals surface area contributed by atoms with Crippen molar-refractivity contribution in [1.82, 2.24) is 5.32 Å². The van der Waals surface area contributed by atoms with Crippen LogP contribution in [0.25, 0.3) is 0 Å². The van der Waals surface area contributed by atoms with Gasteiger partial charge in [-0.3, -0.25) is 0 Å². The van der Waals surface area contributed by atoms with E-state index in [9.17, 15) is 5.11 Å². The van der Waals surface area contributed by atoms with Gasteiger partial charge in [0.15, 0.2) is 0 Å². The smallest absolute Gasteiger partial charge is 0.118 e. The van der Waals surface area contributed by atoms with E-state index >= 15 is 0 Å². The molecule has 1 saturated carbocycles. The highest BCUT2D eigenvalue weighted by Gasteiger charge is 2.23. The Hall–Kier alpha value is -1.06. The number of hydrogen-bond donors (Lipinski definition) is 2. The van der Waals surface area contributed by atoms with Crippen LogP contribution in [0.15, 0.2) is 24.3 Å². The molecule has 2 N–H and O–H groups in total. The zero-order chi connectivity index (χ0) is 13.7. The van der Waals surface area contributed by atoms with Crippen molar-refractivity contribution in [3.8, 4) is 5.75 Å². The van der Waals surface area contributed by atoms with Gasteiger partial charge < -0.3 is 15.2 Å². The number of nitrogens with one attached hydrogen (secondary N) is 1. The van der Waals surface area contributed by atoms with Gasteiger partial charge in [-0.25, -0.2) is 0 Å². The standard InChI is InChI=1S/C16H25NO2/c1-3-16(13-5-8-15(19-2)9-6-13)17-11-12-4-7-14(18)10-12/h5-6,8-9,12,14,16-18H,3-4,7,10-11H2,1-2H3. The Bertz CT molecular complexity index is 377. The predicted molar refractivity (Wildman–Crippen MR) is 77.4 cm³/mol. The highest BCUT2D eigenvalue weighted by Crippen LogP contribution is 2.26. The molecule has 3 nitrogen and oxygen atoms in total. The quantitative estimate of drug-likeness (QED) is 0.829. The predicted octanol–water partition coefficient (Wildman–Crippen LogP) is 2.90. The minimum atomic E-state index is -0.0761. The molecule has 0 radical (unpaired) electrons. The number of rotatable bonds is 6. The first-order chi connectivity index (χ1) is 9.22. The molecule has 3 heteroatoms. The minimum Gasteiger partial charge on any atom is -0.497 e. The van der Waals surface area contributed by atoms with Crippen molar-refractivity contribution < 1.29 is 9.84 Å². The van der Waals surface area contributed by atoms with Crippen molar-refractivity contribution in [3.05, 3.63) is 29.8 Å². The molecule has 0 aliphatic heterocycles. The van der Waals surface area contributed by atoms with Crippen molar-refractivity contribution in [2.24, 2.45) is 5.92 Å². The van der Waals surface area contributed by atoms with Crippen LogP contribution >= 0.6 is 0 Å². The number of benzene rings is 1. The third-order valence-corrected chi connectivity index (χ3v) is 4.09. The van der Waals surface area contributed by atoms with E-state index < -0.39 is 0 Å². The van der Waals surface area contributed by atoms with Gasteiger partial charge in [0.25, 0.3) is 0 Å². The van der Waals surface area contributed by atoms with Crippen molar-refractivity contribution in [2.75, 3.05) is 13.7 Å². The highest BCUT2D eigenvalue weighted by atomic mass is 16.5. The molecule has 0 bridgehead atoms. The molecule has 1 fully saturated rings. The largest absolute Gasteiger partial charge is 0.497 e. The monoisotopic (exact) mass is 263 g/mol. The fourth-order valence-electron chi connectivity index (χ4n) is 2.88. The van der Waals surface area contributed by atoms with E-state index in [0.717, 1.165) is 38.0 Å². The second-order valence-electron chi connectivity index (χ2n) is 5.48. The summed E-state index contributed by atoms with van der Waals surface area (Å²) in [7, 11) is 1.69. The maximum Gasteiger partial charge on any atom is 0.118 e. The number of methoxy groups -OCH3 is 1. The van der Waals surface area contributed by atoms with Crippen LogP contribution in [0.4, 0.5) is 0 Å². The number of aliphatic hydroxyl groups is 1. The van der Waals surface area contributed by atoms with Crippen LogP contribution in [-0.4, -0.2) is 24.9 Å². The molecule has 0 amide bonds. The van der Waals surface area contributed by atoms with E-state index in [1.54, 1.807) is 7.11 Å². The van der Waals surface area contributed by atoms with E-state index in [1.807, 2.05) is 12.1 Å². The van der Waals surface area contributed by atoms with E-state index in [-0.39, 0.29) is 6.10 Å². The molecule has 0 heterocycles. The van der Waals surface area contributed by atoms with Gasteiger partial charge in [-0.05, 0) is 55.8 Å². The summed E-state index contributed by atoms with van der Waals surface area (Å²) in [5.74, 6) is 1.53. The minimum absolute atomic E-state index is 0.0761. The fourth-order valence-corrected chi connectivity index (χ4v) is 2.88. The number of aliphatic hydroxyl groups excluding tert-OH is 1. The van der Waals surface area contributed by atoms with Crippen LogP contribution in [0, 0.1) is 5.92 Å². The Kier molecular flexibility index (Phi) is 5.23. The summed E-state index contributed by atoms with van der Waals surface area (Å²) in [5.41, 5.74) is 1.31. The molecular formula is C16H25NO2. The number of hydrogen-bond acceptors (Lipinski definition) is 3. The normalized spacial score (nSPS) is 24.4. The molecule has 1 aliphatic carbocycles. The zero-order valence-electron chi connectivity index (χ0n) is 11.9. The van der Waals surface area contributed by atoms with Gasteiger partial charge >= 0.3 is 0 Å². The summed E-state index contributed by atoms with van der Waals surface area (Å²) >= 11 is 0. The van der Waals surface area contributed by atoms with Gasteiger partial charge in [0.2, 0.25) is 0 Å². The summed E-state index contributed by atoms with van der Waals surface area (Å²) in [4.78, 5) is 0. The molecule has 2 rings (SSSR count). The first kappa shape index (κ1) is 14.4. The first-order valence-electron chi connectivity index (χ1n) is 7.28. The van der Waals surface area contributed by atoms with E-state index in [0.29, 0.717) is 12.0 Å². The van der Waals surface area contributed by atoms with E-state index in [2.05, 4.69) is 24.4 Å². The lowest BCUT2D eigenvalue weighted by molar-refractivity contribution is 0.177. The molecular weight excluding hydrogens is 238 g/mol. The van der Waals surface area contributed by atoms with Gasteiger partial charge in [0.1, 0.15) is 5.75 Å². The Morgan fingerprint density at radius 3 is 2.58 bits per heavy atom. The lowest BCUT2D eigenvalue weighted by Crippen LogP contribution is -2.26. The van der Waals surface area contributed by atoms with Crippen molar-refractivity contribution in [3.63, 3.8) is 0 Å². The van der Waals surface area contributed by atoms with Crippen molar-refractivity contribution >= 4 is 0 Å². The molecule has 1 aliphatic rings. The van der Waals surface area contributed by atoms with Crippen LogP contribution in [0.2, 0.25) is 0 Å². The lowest BCUT2D eigenvalue weighted by Gasteiger charge is -2.20. The Balaban J connectivity index is 1.88. The van der Waals surface area contributed by atoms with Gasteiger partial charge in [-0.2, -0.15) is 0 Å². The maximum atomic E-state index is 9.56. The Morgan fingerprint density at radius 1 is 1.32 bits per heavy atom. The number of ether oxygens (including phenoxy) is 1. The summed E-state index contributed by atoms with van der Waals surface area (Å²) in [5, 5.41) is 13.2. The van der Waals surface area contributed by atoms with Crippen molar-refractivity contribution in [1.29, 1.82) is 0 Å². The molecule has 3 atom stereocenters. The van der Waals surface area contributed by atoms with Gasteiger partial charge in [0.05, 0.1) is 13.2 Å². The summed E-state index contributed by atoms with van der Waals surface area (Å²) in [6.45, 7) is 3.20. The molecule has 3 unspecified atom stereocenters. The molecule has 106 valence electrons. The maximum absolute atomic E-state index is 9.56. The van der Waals surface area contributed by atoms with Crippen LogP contribution in [0.5, 0.6) is 5.75 Å². The fraction of sp³-hybridized carbons (Fsp3) is 0.625. The second kappa shape index (κ2) is 6.92. The van der Waals surface area contributed by atoms with Crippen LogP contribution in [0.3, 0.4) is 0 Å². The highest BCUT2D eigenvalue weighted by molar-refractivity contribution is 5.29.